The van der Waals surface area contributed by atoms with Crippen LogP contribution in [0.4, 0.5) is 0 Å². The topological polar surface area (TPSA) is 85.8 Å². The van der Waals surface area contributed by atoms with Gasteiger partial charge < -0.3 is 15.8 Å². The molecule has 0 radical (unpaired) electrons. The summed E-state index contributed by atoms with van der Waals surface area (Å²) in [5.41, 5.74) is 6.06. The molecule has 4 nitrogen and oxygen atoms in total. The van der Waals surface area contributed by atoms with Crippen LogP contribution in [-0.2, 0) is 0 Å². The lowest BCUT2D eigenvalue weighted by atomic mass is 10.1. The van der Waals surface area contributed by atoms with Crippen molar-refractivity contribution >= 4 is 0 Å². The van der Waals surface area contributed by atoms with Crippen molar-refractivity contribution in [1.82, 2.24) is 4.98 Å². The molecule has 4 heteroatoms. The van der Waals surface area contributed by atoms with Gasteiger partial charge in [0.2, 0.25) is 0 Å². The molecule has 0 aliphatic heterocycles. The number of nitrogens with one attached hydrogen (secondary N) is 1. The van der Waals surface area contributed by atoms with E-state index in [2.05, 4.69) is 4.98 Å². The van der Waals surface area contributed by atoms with Crippen LogP contribution in [0.1, 0.15) is 18.2 Å². The van der Waals surface area contributed by atoms with Crippen molar-refractivity contribution in [2.45, 2.75) is 12.5 Å². The van der Waals surface area contributed by atoms with Crippen molar-refractivity contribution in [3.05, 3.63) is 18.0 Å². The second kappa shape index (κ2) is 3.08. The van der Waals surface area contributed by atoms with Gasteiger partial charge in [-0.25, -0.2) is 0 Å². The van der Waals surface area contributed by atoms with E-state index in [1.54, 1.807) is 6.20 Å². The number of aromatic nitrogens is 1. The lowest BCUT2D eigenvalue weighted by molar-refractivity contribution is 0.462. The fourth-order valence-corrected chi connectivity index (χ4v) is 0.871. The maximum absolute atomic E-state index is 9.13. The summed E-state index contributed by atoms with van der Waals surface area (Å²) < 4.78 is 0. The third kappa shape index (κ3) is 1.51. The molecule has 0 aliphatic carbocycles. The van der Waals surface area contributed by atoms with Crippen LogP contribution in [-0.4, -0.2) is 10.1 Å². The molecule has 1 aromatic rings. The molecule has 0 spiro atoms. The number of nitriles is 1. The number of aromatic hydroxyl groups is 1. The molecule has 1 atom stereocenters. The van der Waals surface area contributed by atoms with Crippen molar-refractivity contribution in [3.63, 3.8) is 0 Å². The van der Waals surface area contributed by atoms with Crippen LogP contribution in [0.15, 0.2) is 12.3 Å². The van der Waals surface area contributed by atoms with Gasteiger partial charge in [0.25, 0.3) is 0 Å². The molecule has 1 unspecified atom stereocenters. The van der Waals surface area contributed by atoms with Crippen LogP contribution in [0.25, 0.3) is 0 Å². The first-order valence-electron chi connectivity index (χ1n) is 3.24. The minimum Gasteiger partial charge on any atom is -0.506 e. The summed E-state index contributed by atoms with van der Waals surface area (Å²) in [5.74, 6) is 0.118. The van der Waals surface area contributed by atoms with E-state index >= 15 is 0 Å². The van der Waals surface area contributed by atoms with E-state index in [1.807, 2.05) is 6.07 Å². The maximum Gasteiger partial charge on any atom is 0.137 e. The molecule has 0 bridgehead atoms. The molecule has 1 heterocycles. The molecular formula is C7H9N3O. The highest BCUT2D eigenvalue weighted by atomic mass is 16.3. The quantitative estimate of drug-likeness (QED) is 0.579. The van der Waals surface area contributed by atoms with Gasteiger partial charge in [-0.05, 0) is 6.07 Å². The molecule has 4 N–H and O–H groups in total. The molecule has 1 aromatic heterocycles. The average Bonchev–Trinajstić information content (AvgIpc) is 2.36. The number of aromatic amines is 1. The Morgan fingerprint density at radius 2 is 2.55 bits per heavy atom. The molecule has 0 fully saturated rings. The van der Waals surface area contributed by atoms with E-state index in [4.69, 9.17) is 16.1 Å². The van der Waals surface area contributed by atoms with Crippen molar-refractivity contribution < 1.29 is 5.11 Å². The number of H-pyrrole nitrogens is 1. The zero-order valence-electron chi connectivity index (χ0n) is 5.91. The van der Waals surface area contributed by atoms with E-state index in [0.29, 0.717) is 5.69 Å². The largest absolute Gasteiger partial charge is 0.506 e. The Kier molecular flexibility index (Phi) is 2.14. The predicted octanol–water partition coefficient (Wildman–Crippen LogP) is 0.634. The zero-order chi connectivity index (χ0) is 8.27. The monoisotopic (exact) mass is 151 g/mol. The van der Waals surface area contributed by atoms with E-state index in [-0.39, 0.29) is 12.2 Å². The lowest BCUT2D eigenvalue weighted by Crippen LogP contribution is -2.09. The smallest absolute Gasteiger partial charge is 0.137 e. The van der Waals surface area contributed by atoms with Crippen LogP contribution >= 0.6 is 0 Å². The van der Waals surface area contributed by atoms with Crippen molar-refractivity contribution in [3.8, 4) is 11.8 Å². The van der Waals surface area contributed by atoms with E-state index < -0.39 is 6.04 Å². The van der Waals surface area contributed by atoms with Gasteiger partial charge >= 0.3 is 0 Å². The molecule has 1 rings (SSSR count). The summed E-state index contributed by atoms with van der Waals surface area (Å²) in [6, 6.07) is 3.01. The number of hydrogen-bond acceptors (Lipinski definition) is 3. The van der Waals surface area contributed by atoms with Gasteiger partial charge in [-0.2, -0.15) is 5.26 Å². The second-order valence-corrected chi connectivity index (χ2v) is 2.25. The molecule has 11 heavy (non-hydrogen) atoms. The van der Waals surface area contributed by atoms with Crippen molar-refractivity contribution in [1.29, 1.82) is 5.26 Å². The summed E-state index contributed by atoms with van der Waals surface area (Å²) in [7, 11) is 0. The summed E-state index contributed by atoms with van der Waals surface area (Å²) in [6.07, 6.45) is 1.79. The standard InChI is InChI=1S/C7H9N3O/c8-3-1-5(9)7-6(11)2-4-10-7/h2,4-5,10-11H,1,9H2. The highest BCUT2D eigenvalue weighted by Gasteiger charge is 2.10. The number of rotatable bonds is 2. The summed E-state index contributed by atoms with van der Waals surface area (Å²) in [4.78, 5) is 2.76. The van der Waals surface area contributed by atoms with Gasteiger partial charge in [0.15, 0.2) is 0 Å². The maximum atomic E-state index is 9.13. The molecular weight excluding hydrogens is 142 g/mol. The summed E-state index contributed by atoms with van der Waals surface area (Å²) >= 11 is 0. The summed E-state index contributed by atoms with van der Waals surface area (Å²) in [6.45, 7) is 0. The minimum absolute atomic E-state index is 0.118. The van der Waals surface area contributed by atoms with Crippen LogP contribution in [0.5, 0.6) is 5.75 Å². The average molecular weight is 151 g/mol. The Morgan fingerprint density at radius 1 is 1.82 bits per heavy atom. The Balaban J connectivity index is 2.77. The Labute approximate surface area is 64.3 Å². The van der Waals surface area contributed by atoms with E-state index in [0.717, 1.165) is 0 Å². The SMILES string of the molecule is N#CCC(N)c1[nH]ccc1O. The van der Waals surface area contributed by atoms with Crippen LogP contribution in [0.2, 0.25) is 0 Å². The fraction of sp³-hybridized carbons (Fsp3) is 0.286. The number of hydrogen-bond donors (Lipinski definition) is 3. The molecule has 0 aromatic carbocycles. The summed E-state index contributed by atoms with van der Waals surface area (Å²) in [5, 5.41) is 17.4. The van der Waals surface area contributed by atoms with Gasteiger partial charge in [-0.15, -0.1) is 0 Å². The molecule has 0 saturated carbocycles. The third-order valence-corrected chi connectivity index (χ3v) is 1.44. The van der Waals surface area contributed by atoms with Gasteiger partial charge in [-0.1, -0.05) is 0 Å². The third-order valence-electron chi connectivity index (χ3n) is 1.44. The van der Waals surface area contributed by atoms with Gasteiger partial charge in [-0.3, -0.25) is 0 Å². The molecule has 0 amide bonds. The fourth-order valence-electron chi connectivity index (χ4n) is 0.871. The Bertz CT molecular complexity index is 273. The van der Waals surface area contributed by atoms with Crippen LogP contribution in [0.3, 0.4) is 0 Å². The van der Waals surface area contributed by atoms with Crippen LogP contribution in [0, 0.1) is 11.3 Å². The van der Waals surface area contributed by atoms with Crippen molar-refractivity contribution in [2.75, 3.05) is 0 Å². The predicted molar refractivity (Wildman–Crippen MR) is 39.6 cm³/mol. The second-order valence-electron chi connectivity index (χ2n) is 2.25. The normalized spacial score (nSPS) is 12.4. The van der Waals surface area contributed by atoms with Crippen LogP contribution < -0.4 is 5.73 Å². The first-order chi connectivity index (χ1) is 5.25. The Morgan fingerprint density at radius 3 is 3.00 bits per heavy atom. The molecule has 0 saturated heterocycles. The lowest BCUT2D eigenvalue weighted by Gasteiger charge is -2.04. The van der Waals surface area contributed by atoms with Gasteiger partial charge in [0.05, 0.1) is 24.2 Å². The van der Waals surface area contributed by atoms with Crippen molar-refractivity contribution in [2.24, 2.45) is 5.73 Å². The first-order valence-corrected chi connectivity index (χ1v) is 3.24. The van der Waals surface area contributed by atoms with E-state index in [1.165, 1.54) is 6.07 Å². The molecule has 0 aliphatic rings. The number of nitrogens with two attached hydrogens (primary N) is 1. The van der Waals surface area contributed by atoms with E-state index in [9.17, 15) is 0 Å². The minimum atomic E-state index is -0.421. The van der Waals surface area contributed by atoms with Gasteiger partial charge in [0.1, 0.15) is 5.75 Å². The Hall–Kier alpha value is -1.47. The van der Waals surface area contributed by atoms with Gasteiger partial charge in [0, 0.05) is 6.20 Å². The highest BCUT2D eigenvalue weighted by molar-refractivity contribution is 5.28. The zero-order valence-corrected chi connectivity index (χ0v) is 5.91. The number of nitrogens with zero attached hydrogens (tertiary/aromatic N) is 1. The highest BCUT2D eigenvalue weighted by Crippen LogP contribution is 2.21. The first kappa shape index (κ1) is 7.63. The molecule has 58 valence electrons.